The molecule has 18 aromatic rings. The number of pyridine rings is 8. The number of nitrogens with one attached hydrogen (secondary N) is 6. The molecule has 15 heterocycles. The Balaban J connectivity index is 0.000000141. The Morgan fingerprint density at radius 2 is 0.597 bits per heavy atom. The van der Waals surface area contributed by atoms with Gasteiger partial charge in [-0.05, 0) is 73.7 Å². The van der Waals surface area contributed by atoms with Gasteiger partial charge in [0.2, 0.25) is 0 Å². The second-order valence-electron chi connectivity index (χ2n) is 27.4. The van der Waals surface area contributed by atoms with Crippen LogP contribution in [0.1, 0.15) is 84.7 Å². The molecule has 0 saturated heterocycles. The van der Waals surface area contributed by atoms with E-state index in [2.05, 4.69) is 154 Å². The standard InChI is InChI=1S/C18H11FN4O2.C18H12N4O2.C17H11N5O2.C17H14N4O2.C15H11N5O2.C13H9N5O2S/c1-2-12-3-4-17(19)16(5-12)18(24)23-13-6-14(8-20-7-13)25-15-9-21-11-22-10-15;1-2-13-4-3-5-14(6-13)18(23)22-15-7-16(9-19-8-15)24-17-10-20-12-21-11-17;1-2-12-3-13(6-18-5-12)17(23)22-14-4-15(8-19-7-14)24-16-9-20-11-21-10-16;1-12-3-2-4-13(5-12)17(22)21-14-6-15(8-18-7-14)23-16-9-19-11-20-10-16;21-15(14-3-1-2-4-19-14)20-11-5-12(7-16-6-11)22-13-8-17-10-18-9-13;19-13(12-6-21-8-17-12)18-9-1-10(3-14-2-9)20-11-4-15-7-16-5-11/h1,3-11H,(H,23,24);1,3-12H,(H,22,23);1,3-11H,(H,22,23);2-11H,1H3,(H,21,22);1-10H,(H,20,21);1-8H,(H,18,19). The van der Waals surface area contributed by atoms with Crippen LogP contribution in [0.25, 0.3) is 0 Å². The largest absolute Gasteiger partial charge is 0.452 e. The summed E-state index contributed by atoms with van der Waals surface area (Å²) in [5, 5.41) is 17.9. The van der Waals surface area contributed by atoms with Crippen LogP contribution in [0.4, 0.5) is 38.5 Å². The van der Waals surface area contributed by atoms with Gasteiger partial charge in [-0.3, -0.25) is 68.6 Å². The molecule has 680 valence electrons. The molecule has 0 saturated carbocycles. The molecule has 6 N–H and O–H groups in total. The van der Waals surface area contributed by atoms with Crippen LogP contribution in [0.5, 0.6) is 69.0 Å². The zero-order valence-corrected chi connectivity index (χ0v) is 73.0. The molecule has 0 bridgehead atoms. The molecular weight excluding hydrogens is 1800 g/mol. The fourth-order valence-electron chi connectivity index (χ4n) is 11.1. The number of carbonyl (C=O) groups excluding carboxylic acids is 6. The Labute approximate surface area is 793 Å². The number of aromatic nitrogens is 21. The van der Waals surface area contributed by atoms with E-state index in [1.54, 1.807) is 133 Å². The van der Waals surface area contributed by atoms with E-state index in [-0.39, 0.29) is 35.1 Å². The van der Waals surface area contributed by atoms with Crippen LogP contribution < -0.4 is 60.3 Å². The number of ether oxygens (including phenoxy) is 6. The molecule has 139 heavy (non-hydrogen) atoms. The molecule has 39 nitrogen and oxygen atoms in total. The number of aryl methyl sites for hydroxylation is 1. The maximum absolute atomic E-state index is 13.8. The molecule has 0 fully saturated rings. The number of halogens is 1. The molecule has 18 rings (SSSR count). The summed E-state index contributed by atoms with van der Waals surface area (Å²) >= 11 is 1.36. The van der Waals surface area contributed by atoms with Gasteiger partial charge in [-0.15, -0.1) is 30.6 Å². The molecule has 0 atom stereocenters. The summed E-state index contributed by atoms with van der Waals surface area (Å²) in [6.45, 7) is 1.94. The average Bonchev–Trinajstić information content (AvgIpc) is 1.20. The number of rotatable bonds is 24. The van der Waals surface area contributed by atoms with Crippen LogP contribution in [0.2, 0.25) is 0 Å². The number of terminal acetylenes is 3. The normalized spacial score (nSPS) is 9.95. The summed E-state index contributed by atoms with van der Waals surface area (Å²) in [6, 6.07) is 34.6. The van der Waals surface area contributed by atoms with Crippen molar-refractivity contribution in [1.29, 1.82) is 0 Å². The smallest absolute Gasteiger partial charge is 0.275 e. The minimum atomic E-state index is -0.668. The highest BCUT2D eigenvalue weighted by Gasteiger charge is 2.18. The number of benzene rings is 3. The Morgan fingerprint density at radius 1 is 0.281 bits per heavy atom. The number of thiazole rings is 1. The molecular formula is C98H68FN27O12S. The fraction of sp³-hybridized carbons (Fsp3) is 0.0102. The first-order valence-electron chi connectivity index (χ1n) is 40.2. The van der Waals surface area contributed by atoms with E-state index in [1.165, 1.54) is 198 Å². The average molecular weight is 1870 g/mol. The lowest BCUT2D eigenvalue weighted by molar-refractivity contribution is 0.101. The van der Waals surface area contributed by atoms with Crippen molar-refractivity contribution in [2.45, 2.75) is 6.92 Å². The first kappa shape index (κ1) is 95.8. The summed E-state index contributed by atoms with van der Waals surface area (Å²) in [4.78, 5) is 155. The van der Waals surface area contributed by atoms with Crippen LogP contribution in [0.15, 0.2) is 344 Å². The Hall–Kier alpha value is -20.8. The van der Waals surface area contributed by atoms with Crippen molar-refractivity contribution in [1.82, 2.24) is 105 Å². The summed E-state index contributed by atoms with van der Waals surface area (Å²) in [6.07, 6.45) is 65.3. The lowest BCUT2D eigenvalue weighted by Crippen LogP contribution is -2.14. The van der Waals surface area contributed by atoms with Crippen molar-refractivity contribution in [3.05, 3.63) is 405 Å². The number of nitrogens with zero attached hydrogens (tertiary/aromatic N) is 21. The van der Waals surface area contributed by atoms with Gasteiger partial charge in [0, 0.05) is 88.2 Å². The van der Waals surface area contributed by atoms with Gasteiger partial charge >= 0.3 is 0 Å². The summed E-state index contributed by atoms with van der Waals surface area (Å²) in [7, 11) is 0. The number of hydrogen-bond acceptors (Lipinski definition) is 34. The van der Waals surface area contributed by atoms with E-state index in [0.29, 0.717) is 148 Å². The summed E-state index contributed by atoms with van der Waals surface area (Å²) < 4.78 is 47.2. The number of hydrogen-bond donors (Lipinski definition) is 6. The molecule has 0 aliphatic rings. The third kappa shape index (κ3) is 31.2. The van der Waals surface area contributed by atoms with Gasteiger partial charge in [-0.2, -0.15) is 0 Å². The van der Waals surface area contributed by atoms with E-state index in [1.807, 2.05) is 25.1 Å². The Morgan fingerprint density at radius 3 is 0.942 bits per heavy atom. The first-order chi connectivity index (χ1) is 68.0. The molecule has 41 heteroatoms. The van der Waals surface area contributed by atoms with Crippen LogP contribution in [-0.4, -0.2) is 140 Å². The molecule has 15 aromatic heterocycles. The Bertz CT molecular complexity index is 7180. The molecule has 0 unspecified atom stereocenters. The highest BCUT2D eigenvalue weighted by molar-refractivity contribution is 7.07. The van der Waals surface area contributed by atoms with Crippen molar-refractivity contribution in [2.75, 3.05) is 31.9 Å². The zero-order chi connectivity index (χ0) is 97.0. The minimum absolute atomic E-state index is 0.154. The van der Waals surface area contributed by atoms with E-state index < -0.39 is 11.7 Å². The molecule has 0 aliphatic carbocycles. The summed E-state index contributed by atoms with van der Waals surface area (Å²) in [5.74, 6) is 10.1. The van der Waals surface area contributed by atoms with Crippen LogP contribution in [-0.2, 0) is 0 Å². The monoisotopic (exact) mass is 1870 g/mol. The van der Waals surface area contributed by atoms with Gasteiger partial charge in [0.1, 0.15) is 89.7 Å². The second-order valence-corrected chi connectivity index (χ2v) is 28.1. The van der Waals surface area contributed by atoms with Crippen molar-refractivity contribution >= 4 is 80.9 Å². The maximum Gasteiger partial charge on any atom is 0.275 e. The van der Waals surface area contributed by atoms with Crippen LogP contribution >= 0.6 is 11.3 Å². The molecule has 0 spiro atoms. The van der Waals surface area contributed by atoms with Gasteiger partial charge in [-0.25, -0.2) is 69.2 Å². The van der Waals surface area contributed by atoms with Gasteiger partial charge in [0.05, 0.1) is 199 Å². The van der Waals surface area contributed by atoms with E-state index in [4.69, 9.17) is 47.7 Å². The van der Waals surface area contributed by atoms with Gasteiger partial charge in [0.25, 0.3) is 35.4 Å². The number of anilines is 6. The van der Waals surface area contributed by atoms with Crippen molar-refractivity contribution in [3.63, 3.8) is 0 Å². The number of carbonyl (C=O) groups is 6. The quantitative estimate of drug-likeness (QED) is 0.0306. The lowest BCUT2D eigenvalue weighted by Gasteiger charge is -2.09. The van der Waals surface area contributed by atoms with Crippen LogP contribution in [0, 0.1) is 49.8 Å². The van der Waals surface area contributed by atoms with Gasteiger partial charge < -0.3 is 60.3 Å². The molecule has 0 radical (unpaired) electrons. The SMILES string of the molecule is C#Cc1ccc(F)c(C(=O)Nc2cncc(Oc3cncnc3)c2)c1.C#Cc1cccc(C(=O)Nc2cncc(Oc3cncnc3)c2)c1.C#Cc1cncc(C(=O)Nc2cncc(Oc3cncnc3)c2)c1.Cc1cccc(C(=O)Nc2cncc(Oc3cncnc3)c2)c1.O=C(Nc1cncc(Oc2cncnc2)c1)c1ccccn1.O=C(Nc1cncc(Oc2cncnc2)c1)c1cscn1. The third-order valence-electron chi connectivity index (χ3n) is 17.1. The number of amides is 6. The third-order valence-corrected chi connectivity index (χ3v) is 17.7. The van der Waals surface area contributed by atoms with E-state index in [0.717, 1.165) is 11.6 Å². The van der Waals surface area contributed by atoms with Crippen LogP contribution in [0.3, 0.4) is 0 Å². The lowest BCUT2D eigenvalue weighted by atomic mass is 10.1. The van der Waals surface area contributed by atoms with Gasteiger partial charge in [0.15, 0.2) is 34.5 Å². The van der Waals surface area contributed by atoms with Crippen molar-refractivity contribution in [2.24, 2.45) is 0 Å². The molecule has 3 aromatic carbocycles. The summed E-state index contributed by atoms with van der Waals surface area (Å²) in [5.41, 5.74) is 9.03. The van der Waals surface area contributed by atoms with Crippen molar-refractivity contribution in [3.8, 4) is 106 Å². The first-order valence-corrected chi connectivity index (χ1v) is 41.2. The molecule has 0 aliphatic heterocycles. The predicted octanol–water partition coefficient (Wildman–Crippen LogP) is 16.1. The fourth-order valence-corrected chi connectivity index (χ4v) is 11.6. The van der Waals surface area contributed by atoms with Gasteiger partial charge in [-0.1, -0.05) is 47.6 Å². The van der Waals surface area contributed by atoms with Crippen molar-refractivity contribution < 1.29 is 61.6 Å². The Kier molecular flexibility index (Phi) is 34.7. The second kappa shape index (κ2) is 50.4. The maximum atomic E-state index is 13.8. The van der Waals surface area contributed by atoms with E-state index in [9.17, 15) is 33.2 Å². The highest BCUT2D eigenvalue weighted by Crippen LogP contribution is 2.30. The topological polar surface area (TPSA) is 501 Å². The molecule has 6 amide bonds. The zero-order valence-electron chi connectivity index (χ0n) is 72.1. The highest BCUT2D eigenvalue weighted by atomic mass is 32.1. The predicted molar refractivity (Wildman–Crippen MR) is 504 cm³/mol. The minimum Gasteiger partial charge on any atom is -0.452 e. The van der Waals surface area contributed by atoms with E-state index >= 15 is 0 Å².